The monoisotopic (exact) mass is 436 g/mol. The van der Waals surface area contributed by atoms with Crippen molar-refractivity contribution in [3.05, 3.63) is 76.4 Å². The molecule has 1 aliphatic carbocycles. The van der Waals surface area contributed by atoms with Crippen molar-refractivity contribution in [1.29, 1.82) is 0 Å². The maximum atomic E-state index is 14.2. The van der Waals surface area contributed by atoms with Crippen molar-refractivity contribution in [2.45, 2.75) is 32.1 Å². The summed E-state index contributed by atoms with van der Waals surface area (Å²) in [6.07, 6.45) is 1.88. The number of amides is 1. The number of benzene rings is 2. The van der Waals surface area contributed by atoms with Crippen molar-refractivity contribution in [1.82, 2.24) is 5.32 Å². The number of allylic oxidation sites excluding steroid dienone is 3. The second-order valence-corrected chi connectivity index (χ2v) is 7.81. The van der Waals surface area contributed by atoms with Gasteiger partial charge >= 0.3 is 0 Å². The van der Waals surface area contributed by atoms with E-state index in [0.29, 0.717) is 40.3 Å². The van der Waals surface area contributed by atoms with Gasteiger partial charge in [-0.1, -0.05) is 18.2 Å². The van der Waals surface area contributed by atoms with Crippen LogP contribution in [0.4, 0.5) is 10.1 Å². The largest absolute Gasteiger partial charge is 0.497 e. The van der Waals surface area contributed by atoms with E-state index < -0.39 is 17.6 Å². The fourth-order valence-corrected chi connectivity index (χ4v) is 4.40. The van der Waals surface area contributed by atoms with E-state index in [9.17, 15) is 14.0 Å². The van der Waals surface area contributed by atoms with Crippen LogP contribution in [0.15, 0.2) is 65.0 Å². The van der Waals surface area contributed by atoms with Crippen LogP contribution in [0.5, 0.6) is 11.5 Å². The van der Waals surface area contributed by atoms with Gasteiger partial charge in [0.25, 0.3) is 5.91 Å². The Morgan fingerprint density at radius 1 is 1.12 bits per heavy atom. The van der Waals surface area contributed by atoms with Gasteiger partial charge < -0.3 is 20.1 Å². The number of ketones is 1. The Kier molecular flexibility index (Phi) is 5.99. The number of carbonyl (C=O) groups excluding carboxylic acids is 2. The summed E-state index contributed by atoms with van der Waals surface area (Å²) < 4.78 is 25.1. The van der Waals surface area contributed by atoms with Crippen LogP contribution in [0.2, 0.25) is 0 Å². The molecule has 0 fully saturated rings. The average molecular weight is 436 g/mol. The van der Waals surface area contributed by atoms with Crippen molar-refractivity contribution in [2.24, 2.45) is 0 Å². The van der Waals surface area contributed by atoms with Gasteiger partial charge in [0.15, 0.2) is 5.78 Å². The third-order valence-corrected chi connectivity index (χ3v) is 5.89. The molecule has 1 amide bonds. The van der Waals surface area contributed by atoms with Gasteiger partial charge in [-0.3, -0.25) is 9.59 Å². The van der Waals surface area contributed by atoms with Gasteiger partial charge in [0, 0.05) is 40.6 Å². The zero-order valence-corrected chi connectivity index (χ0v) is 18.3. The second-order valence-electron chi connectivity index (χ2n) is 7.81. The lowest BCUT2D eigenvalue weighted by Crippen LogP contribution is -2.35. The zero-order chi connectivity index (χ0) is 22.8. The van der Waals surface area contributed by atoms with Gasteiger partial charge in [0.2, 0.25) is 0 Å². The second kappa shape index (κ2) is 8.86. The number of carbonyl (C=O) groups is 2. The first kappa shape index (κ1) is 21.6. The number of ether oxygens (including phenoxy) is 2. The Balaban J connectivity index is 1.85. The number of hydrogen-bond donors (Lipinski definition) is 2. The van der Waals surface area contributed by atoms with Crippen molar-refractivity contribution in [2.75, 3.05) is 19.5 Å². The third kappa shape index (κ3) is 3.86. The molecule has 0 saturated heterocycles. The molecule has 1 heterocycles. The van der Waals surface area contributed by atoms with E-state index in [1.54, 1.807) is 38.3 Å². The molecule has 32 heavy (non-hydrogen) atoms. The quantitative estimate of drug-likeness (QED) is 0.724. The van der Waals surface area contributed by atoms with Crippen LogP contribution >= 0.6 is 0 Å². The van der Waals surface area contributed by atoms with Crippen LogP contribution in [0.25, 0.3) is 0 Å². The molecule has 0 radical (unpaired) electrons. The molecular formula is C25H25FN2O4. The molecule has 166 valence electrons. The Morgan fingerprint density at radius 3 is 2.62 bits per heavy atom. The summed E-state index contributed by atoms with van der Waals surface area (Å²) in [6.45, 7) is 1.79. The first-order valence-corrected chi connectivity index (χ1v) is 10.5. The van der Waals surface area contributed by atoms with E-state index in [1.165, 1.54) is 19.2 Å². The Morgan fingerprint density at radius 2 is 1.91 bits per heavy atom. The molecule has 2 aromatic rings. The van der Waals surface area contributed by atoms with Crippen LogP contribution in [0.1, 0.15) is 37.7 Å². The highest BCUT2D eigenvalue weighted by molar-refractivity contribution is 6.10. The molecule has 0 bridgehead atoms. The number of halogens is 1. The number of para-hydroxylation sites is 1. The number of rotatable bonds is 5. The van der Waals surface area contributed by atoms with E-state index in [-0.39, 0.29) is 11.5 Å². The van der Waals surface area contributed by atoms with Gasteiger partial charge in [-0.25, -0.2) is 4.39 Å². The third-order valence-electron chi connectivity index (χ3n) is 5.89. The molecule has 1 atom stereocenters. The topological polar surface area (TPSA) is 76.7 Å². The van der Waals surface area contributed by atoms with Crippen LogP contribution < -0.4 is 20.1 Å². The number of Topliss-reactive ketones (excluding diaryl/α,β-unsaturated/α-hetero) is 1. The lowest BCUT2D eigenvalue weighted by Gasteiger charge is -2.35. The van der Waals surface area contributed by atoms with E-state index in [1.807, 2.05) is 6.07 Å². The molecule has 1 unspecified atom stereocenters. The molecule has 2 aromatic carbocycles. The summed E-state index contributed by atoms with van der Waals surface area (Å²) in [5.41, 5.74) is 3.11. The highest BCUT2D eigenvalue weighted by Gasteiger charge is 2.39. The van der Waals surface area contributed by atoms with Crippen molar-refractivity contribution in [3.63, 3.8) is 0 Å². The molecule has 2 aliphatic rings. The lowest BCUT2D eigenvalue weighted by atomic mass is 9.74. The predicted octanol–water partition coefficient (Wildman–Crippen LogP) is 4.45. The van der Waals surface area contributed by atoms with E-state index in [4.69, 9.17) is 9.47 Å². The van der Waals surface area contributed by atoms with E-state index in [2.05, 4.69) is 10.6 Å². The van der Waals surface area contributed by atoms with Gasteiger partial charge in [0.05, 0.1) is 25.8 Å². The predicted molar refractivity (Wildman–Crippen MR) is 119 cm³/mol. The van der Waals surface area contributed by atoms with Crippen molar-refractivity contribution >= 4 is 17.4 Å². The van der Waals surface area contributed by atoms with Crippen LogP contribution in [0, 0.1) is 5.82 Å². The van der Waals surface area contributed by atoms with Gasteiger partial charge in [-0.05, 0) is 38.0 Å². The minimum absolute atomic E-state index is 0.00897. The summed E-state index contributed by atoms with van der Waals surface area (Å²) in [6, 6.07) is 11.3. The van der Waals surface area contributed by atoms with Gasteiger partial charge in [0.1, 0.15) is 17.3 Å². The van der Waals surface area contributed by atoms with Gasteiger partial charge in [-0.2, -0.15) is 0 Å². The van der Waals surface area contributed by atoms with E-state index in [0.717, 1.165) is 18.5 Å². The number of nitrogens with one attached hydrogen (secondary N) is 2. The van der Waals surface area contributed by atoms with Crippen LogP contribution in [-0.4, -0.2) is 25.9 Å². The Labute approximate surface area is 186 Å². The number of methoxy groups -OCH3 is 2. The number of hydrogen-bond acceptors (Lipinski definition) is 5. The Hall–Kier alpha value is -3.61. The molecule has 7 heteroatoms. The van der Waals surface area contributed by atoms with Crippen LogP contribution in [0.3, 0.4) is 0 Å². The van der Waals surface area contributed by atoms with Crippen molar-refractivity contribution < 1.29 is 23.5 Å². The summed E-state index contributed by atoms with van der Waals surface area (Å²) in [4.78, 5) is 26.5. The Bertz CT molecular complexity index is 1150. The fraction of sp³-hybridized carbons (Fsp3) is 0.280. The van der Waals surface area contributed by atoms with Gasteiger partial charge in [-0.15, -0.1) is 0 Å². The number of dihydropyridines is 1. The molecule has 0 spiro atoms. The zero-order valence-electron chi connectivity index (χ0n) is 18.3. The normalized spacial score (nSPS) is 18.1. The minimum Gasteiger partial charge on any atom is -0.497 e. The molecule has 6 nitrogen and oxygen atoms in total. The number of anilines is 1. The van der Waals surface area contributed by atoms with Crippen molar-refractivity contribution in [3.8, 4) is 11.5 Å². The summed E-state index contributed by atoms with van der Waals surface area (Å²) in [5.74, 6) is -0.563. The molecule has 0 saturated carbocycles. The summed E-state index contributed by atoms with van der Waals surface area (Å²) >= 11 is 0. The SMILES string of the molecule is COc1ccc(C2C(C(=O)Nc3ccccc3F)=C(C)NC3=C2C(=O)CCC3)c(OC)c1. The first-order valence-electron chi connectivity index (χ1n) is 10.5. The first-order chi connectivity index (χ1) is 15.4. The summed E-state index contributed by atoms with van der Waals surface area (Å²) in [7, 11) is 3.09. The molecular weight excluding hydrogens is 411 g/mol. The molecule has 0 aromatic heterocycles. The molecule has 4 rings (SSSR count). The van der Waals surface area contributed by atoms with Crippen LogP contribution in [-0.2, 0) is 9.59 Å². The minimum atomic E-state index is -0.647. The highest BCUT2D eigenvalue weighted by Crippen LogP contribution is 2.46. The maximum absolute atomic E-state index is 14.2. The lowest BCUT2D eigenvalue weighted by molar-refractivity contribution is -0.116. The molecule has 1 aliphatic heterocycles. The highest BCUT2D eigenvalue weighted by atomic mass is 19.1. The fourth-order valence-electron chi connectivity index (χ4n) is 4.40. The molecule has 2 N–H and O–H groups in total. The standard InChI is InChI=1S/C25H25FN2O4/c1-14-22(25(30)28-18-8-5-4-7-17(18)26)23(24-19(27-14)9-6-10-20(24)29)16-12-11-15(31-2)13-21(16)32-3/h4-5,7-8,11-13,23,27H,6,9-10H2,1-3H3,(H,28,30). The maximum Gasteiger partial charge on any atom is 0.254 e. The smallest absolute Gasteiger partial charge is 0.254 e. The van der Waals surface area contributed by atoms with E-state index >= 15 is 0 Å². The summed E-state index contributed by atoms with van der Waals surface area (Å²) in [5, 5.41) is 5.93. The average Bonchev–Trinajstić information content (AvgIpc) is 2.79.